The average Bonchev–Trinajstić information content (AvgIpc) is 2.83. The molecular formula is C11H13F3N2O3S. The fourth-order valence-electron chi connectivity index (χ4n) is 1.41. The van der Waals surface area contributed by atoms with Gasteiger partial charge in [-0.05, 0) is 6.42 Å². The molecule has 0 saturated carbocycles. The number of hydrogen-bond acceptors (Lipinski definition) is 4. The summed E-state index contributed by atoms with van der Waals surface area (Å²) in [4.78, 5) is 25.8. The van der Waals surface area contributed by atoms with Gasteiger partial charge < -0.3 is 10.4 Å². The maximum absolute atomic E-state index is 12.3. The zero-order valence-electron chi connectivity index (χ0n) is 10.5. The van der Waals surface area contributed by atoms with Crippen molar-refractivity contribution in [3.63, 3.8) is 0 Å². The highest BCUT2D eigenvalue weighted by atomic mass is 32.1. The summed E-state index contributed by atoms with van der Waals surface area (Å²) in [7, 11) is 0. The van der Waals surface area contributed by atoms with E-state index in [4.69, 9.17) is 5.11 Å². The minimum absolute atomic E-state index is 0.216. The minimum Gasteiger partial charge on any atom is -0.480 e. The number of amides is 1. The van der Waals surface area contributed by atoms with Crippen molar-refractivity contribution in [2.75, 3.05) is 0 Å². The fourth-order valence-corrected chi connectivity index (χ4v) is 2.07. The molecule has 0 radical (unpaired) electrons. The molecule has 1 rings (SSSR count). The predicted molar refractivity (Wildman–Crippen MR) is 65.5 cm³/mol. The number of rotatable bonds is 6. The molecule has 112 valence electrons. The second-order valence-electron chi connectivity index (χ2n) is 4.04. The Morgan fingerprint density at radius 1 is 1.50 bits per heavy atom. The number of aliphatic carboxylic acids is 1. The Labute approximate surface area is 116 Å². The van der Waals surface area contributed by atoms with Crippen molar-refractivity contribution in [1.82, 2.24) is 10.3 Å². The van der Waals surface area contributed by atoms with Gasteiger partial charge in [-0.3, -0.25) is 4.79 Å². The summed E-state index contributed by atoms with van der Waals surface area (Å²) < 4.78 is 37.0. The molecule has 0 aliphatic rings. The molecule has 1 aromatic rings. The van der Waals surface area contributed by atoms with E-state index >= 15 is 0 Å². The van der Waals surface area contributed by atoms with Crippen molar-refractivity contribution in [2.24, 2.45) is 0 Å². The number of alkyl halides is 3. The topological polar surface area (TPSA) is 79.3 Å². The first-order valence-corrected chi connectivity index (χ1v) is 6.70. The normalized spacial score (nSPS) is 13.0. The second-order valence-corrected chi connectivity index (χ2v) is 4.90. The van der Waals surface area contributed by atoms with Crippen molar-refractivity contribution < 1.29 is 27.9 Å². The van der Waals surface area contributed by atoms with Gasteiger partial charge in [0.05, 0.1) is 0 Å². The van der Waals surface area contributed by atoms with Gasteiger partial charge >= 0.3 is 12.1 Å². The van der Waals surface area contributed by atoms with Crippen molar-refractivity contribution in [3.8, 4) is 0 Å². The fraction of sp³-hybridized carbons (Fsp3) is 0.545. The maximum atomic E-state index is 12.3. The third-order valence-electron chi connectivity index (χ3n) is 2.43. The number of hydrogen-bond donors (Lipinski definition) is 2. The van der Waals surface area contributed by atoms with Crippen LogP contribution in [0.4, 0.5) is 13.2 Å². The van der Waals surface area contributed by atoms with E-state index in [1.807, 2.05) is 6.92 Å². The third kappa shape index (κ3) is 4.48. The number of thiazole rings is 1. The van der Waals surface area contributed by atoms with E-state index in [2.05, 4.69) is 10.3 Å². The lowest BCUT2D eigenvalue weighted by molar-refractivity contribution is -0.139. The molecule has 0 bridgehead atoms. The Morgan fingerprint density at radius 3 is 2.60 bits per heavy atom. The highest BCUT2D eigenvalue weighted by molar-refractivity contribution is 7.09. The van der Waals surface area contributed by atoms with Crippen molar-refractivity contribution >= 4 is 23.2 Å². The molecule has 1 heterocycles. The lowest BCUT2D eigenvalue weighted by Gasteiger charge is -2.12. The van der Waals surface area contributed by atoms with E-state index in [1.54, 1.807) is 0 Å². The van der Waals surface area contributed by atoms with Crippen LogP contribution in [0.2, 0.25) is 0 Å². The molecule has 0 aliphatic heterocycles. The van der Waals surface area contributed by atoms with E-state index in [9.17, 15) is 22.8 Å². The Bertz CT molecular complexity index is 488. The Morgan fingerprint density at radius 2 is 2.15 bits per heavy atom. The summed E-state index contributed by atoms with van der Waals surface area (Å²) in [5.74, 6) is -2.14. The van der Waals surface area contributed by atoms with Crippen molar-refractivity contribution in [1.29, 1.82) is 0 Å². The van der Waals surface area contributed by atoms with Gasteiger partial charge in [-0.15, -0.1) is 11.3 Å². The number of nitrogens with one attached hydrogen (secondary N) is 1. The molecule has 0 aliphatic carbocycles. The van der Waals surface area contributed by atoms with Gasteiger partial charge in [-0.2, -0.15) is 13.2 Å². The van der Waals surface area contributed by atoms with Crippen molar-refractivity contribution in [3.05, 3.63) is 16.1 Å². The predicted octanol–water partition coefficient (Wildman–Crippen LogP) is 2.54. The van der Waals surface area contributed by atoms with Gasteiger partial charge in [0.2, 0.25) is 0 Å². The lowest BCUT2D eigenvalue weighted by Crippen LogP contribution is -2.40. The number of halogens is 3. The molecule has 20 heavy (non-hydrogen) atoms. The SMILES string of the molecule is CCCC[C@H](NC(=O)c1csc(C(F)(F)F)n1)C(=O)O. The number of carbonyl (C=O) groups is 2. The van der Waals surface area contributed by atoms with Crippen LogP contribution >= 0.6 is 11.3 Å². The molecule has 1 atom stereocenters. The van der Waals surface area contributed by atoms with Crippen LogP contribution in [0.3, 0.4) is 0 Å². The molecule has 1 aromatic heterocycles. The highest BCUT2D eigenvalue weighted by Crippen LogP contribution is 2.31. The average molecular weight is 310 g/mol. The number of unbranched alkanes of at least 4 members (excludes halogenated alkanes) is 1. The Balaban J connectivity index is 2.74. The molecular weight excluding hydrogens is 297 g/mol. The van der Waals surface area contributed by atoms with E-state index in [-0.39, 0.29) is 6.42 Å². The summed E-state index contributed by atoms with van der Waals surface area (Å²) in [5, 5.41) is 10.9. The minimum atomic E-state index is -4.61. The quantitative estimate of drug-likeness (QED) is 0.846. The molecule has 1 amide bonds. The Hall–Kier alpha value is -1.64. The smallest absolute Gasteiger partial charge is 0.443 e. The zero-order valence-corrected chi connectivity index (χ0v) is 11.3. The lowest BCUT2D eigenvalue weighted by atomic mass is 10.1. The van der Waals surface area contributed by atoms with Gasteiger partial charge in [0, 0.05) is 5.38 Å². The van der Waals surface area contributed by atoms with Crippen LogP contribution in [0, 0.1) is 0 Å². The molecule has 0 unspecified atom stereocenters. The first-order valence-electron chi connectivity index (χ1n) is 5.82. The number of carbonyl (C=O) groups excluding carboxylic acids is 1. The van der Waals surface area contributed by atoms with Gasteiger partial charge in [-0.1, -0.05) is 19.8 Å². The van der Waals surface area contributed by atoms with Gasteiger partial charge in [0.15, 0.2) is 5.01 Å². The number of carboxylic acid groups (broad SMARTS) is 1. The second kappa shape index (κ2) is 6.69. The molecule has 9 heteroatoms. The van der Waals surface area contributed by atoms with Crippen LogP contribution in [-0.4, -0.2) is 28.0 Å². The summed E-state index contributed by atoms with van der Waals surface area (Å²) in [6.07, 6.45) is -3.07. The van der Waals surface area contributed by atoms with Gasteiger partial charge in [0.25, 0.3) is 5.91 Å². The number of nitrogens with zero attached hydrogens (tertiary/aromatic N) is 1. The summed E-state index contributed by atoms with van der Waals surface area (Å²) in [5.41, 5.74) is -0.426. The van der Waals surface area contributed by atoms with Crippen LogP contribution in [0.1, 0.15) is 41.7 Å². The first-order chi connectivity index (χ1) is 9.25. The molecule has 2 N–H and O–H groups in total. The highest BCUT2D eigenvalue weighted by Gasteiger charge is 2.35. The zero-order chi connectivity index (χ0) is 15.3. The molecule has 0 fully saturated rings. The van der Waals surface area contributed by atoms with Crippen LogP contribution in [0.5, 0.6) is 0 Å². The maximum Gasteiger partial charge on any atom is 0.443 e. The summed E-state index contributed by atoms with van der Waals surface area (Å²) in [6, 6.07) is -1.13. The number of carboxylic acids is 1. The largest absolute Gasteiger partial charge is 0.480 e. The van der Waals surface area contributed by atoms with Gasteiger partial charge in [0.1, 0.15) is 11.7 Å². The number of aromatic nitrogens is 1. The van der Waals surface area contributed by atoms with Crippen molar-refractivity contribution in [2.45, 2.75) is 38.4 Å². The molecule has 0 saturated heterocycles. The molecule has 0 spiro atoms. The van der Waals surface area contributed by atoms with E-state index in [0.717, 1.165) is 11.8 Å². The summed E-state index contributed by atoms with van der Waals surface area (Å²) in [6.45, 7) is 1.86. The molecule has 0 aromatic carbocycles. The monoisotopic (exact) mass is 310 g/mol. The molecule has 5 nitrogen and oxygen atoms in total. The van der Waals surface area contributed by atoms with Crippen LogP contribution in [0.25, 0.3) is 0 Å². The van der Waals surface area contributed by atoms with Gasteiger partial charge in [-0.25, -0.2) is 9.78 Å². The Kier molecular flexibility index (Phi) is 5.49. The third-order valence-corrected chi connectivity index (χ3v) is 3.32. The standard InChI is InChI=1S/C11H13F3N2O3S/c1-2-3-4-6(9(18)19)15-8(17)7-5-20-10(16-7)11(12,13)14/h5-6H,2-4H2,1H3,(H,15,17)(H,18,19)/t6-/m0/s1. The summed E-state index contributed by atoms with van der Waals surface area (Å²) >= 11 is 0.294. The first kappa shape index (κ1) is 16.4. The van der Waals surface area contributed by atoms with E-state index in [1.165, 1.54) is 0 Å². The van der Waals surface area contributed by atoms with Crippen LogP contribution in [0.15, 0.2) is 5.38 Å². The van der Waals surface area contributed by atoms with E-state index in [0.29, 0.717) is 17.8 Å². The van der Waals surface area contributed by atoms with E-state index < -0.39 is 34.8 Å². The van der Waals surface area contributed by atoms with Crippen LogP contribution < -0.4 is 5.32 Å². The van der Waals surface area contributed by atoms with Crippen LogP contribution in [-0.2, 0) is 11.0 Å².